The molecule has 0 atom stereocenters. The van der Waals surface area contributed by atoms with Crippen molar-refractivity contribution < 1.29 is 0 Å². The predicted molar refractivity (Wildman–Crippen MR) is 33.1 cm³/mol. The highest BCUT2D eigenvalue weighted by Crippen LogP contribution is 1.85. The first-order valence-electron chi connectivity index (χ1n) is 2.71. The lowest BCUT2D eigenvalue weighted by atomic mass is 10.3. The zero-order valence-electron chi connectivity index (χ0n) is 5.28. The van der Waals surface area contributed by atoms with E-state index in [2.05, 4.69) is 25.9 Å². The SMILES string of the molecule is [CH2+]CCCN(C)C. The second-order valence-corrected chi connectivity index (χ2v) is 2.01. The van der Waals surface area contributed by atoms with Gasteiger partial charge in [-0.1, -0.05) is 0 Å². The predicted octanol–water partition coefficient (Wildman–Crippen LogP) is 1.16. The monoisotopic (exact) mass is 100 g/mol. The van der Waals surface area contributed by atoms with E-state index in [0.717, 1.165) is 6.42 Å². The van der Waals surface area contributed by atoms with Crippen LogP contribution in [0.1, 0.15) is 12.8 Å². The number of rotatable bonds is 3. The van der Waals surface area contributed by atoms with Crippen LogP contribution in [0.25, 0.3) is 0 Å². The van der Waals surface area contributed by atoms with Crippen molar-refractivity contribution in [1.82, 2.24) is 4.90 Å². The molecule has 0 spiro atoms. The van der Waals surface area contributed by atoms with E-state index in [0.29, 0.717) is 0 Å². The van der Waals surface area contributed by atoms with Gasteiger partial charge >= 0.3 is 0 Å². The highest BCUT2D eigenvalue weighted by Gasteiger charge is 1.87. The minimum absolute atomic E-state index is 1.05. The Labute approximate surface area is 46.3 Å². The fraction of sp³-hybridized carbons (Fsp3) is 0.833. The molecule has 0 fully saturated rings. The molecule has 0 aliphatic heterocycles. The van der Waals surface area contributed by atoms with Crippen molar-refractivity contribution in [2.24, 2.45) is 0 Å². The van der Waals surface area contributed by atoms with Gasteiger partial charge in [-0.25, -0.2) is 0 Å². The zero-order valence-corrected chi connectivity index (χ0v) is 5.28. The van der Waals surface area contributed by atoms with Crippen molar-refractivity contribution in [2.45, 2.75) is 12.8 Å². The van der Waals surface area contributed by atoms with E-state index in [-0.39, 0.29) is 0 Å². The van der Waals surface area contributed by atoms with Crippen LogP contribution in [0.4, 0.5) is 0 Å². The lowest BCUT2D eigenvalue weighted by Crippen LogP contribution is -2.12. The van der Waals surface area contributed by atoms with Crippen LogP contribution in [0.2, 0.25) is 0 Å². The molecule has 0 aromatic heterocycles. The number of nitrogens with zero attached hydrogens (tertiary/aromatic N) is 1. The molecule has 0 aliphatic rings. The lowest BCUT2D eigenvalue weighted by molar-refractivity contribution is 0.401. The molecule has 1 heteroatoms. The van der Waals surface area contributed by atoms with Gasteiger partial charge in [-0.3, -0.25) is 0 Å². The Morgan fingerprint density at radius 1 is 1.43 bits per heavy atom. The van der Waals surface area contributed by atoms with Gasteiger partial charge in [-0.2, -0.15) is 0 Å². The maximum Gasteiger partial charge on any atom is 0.0862 e. The third-order valence-corrected chi connectivity index (χ3v) is 0.855. The molecule has 0 aromatic rings. The zero-order chi connectivity index (χ0) is 5.70. The standard InChI is InChI=1S/C6H14N/c1-4-5-6-7(2)3/h1,4-6H2,2-3H3/q+1. The quantitative estimate of drug-likeness (QED) is 0.481. The molecule has 42 valence electrons. The molecule has 0 amide bonds. The molecule has 0 unspecified atom stereocenters. The van der Waals surface area contributed by atoms with Crippen molar-refractivity contribution in [3.05, 3.63) is 6.92 Å². The van der Waals surface area contributed by atoms with E-state index < -0.39 is 0 Å². The molecular formula is C6H14N+. The van der Waals surface area contributed by atoms with Crippen LogP contribution in [-0.4, -0.2) is 25.5 Å². The Balaban J connectivity index is 2.68. The summed E-state index contributed by atoms with van der Waals surface area (Å²) in [6.45, 7) is 4.90. The fourth-order valence-electron chi connectivity index (χ4n) is 0.428. The van der Waals surface area contributed by atoms with Gasteiger partial charge in [-0.15, -0.1) is 0 Å². The fourth-order valence-corrected chi connectivity index (χ4v) is 0.428. The minimum atomic E-state index is 1.05. The van der Waals surface area contributed by atoms with Gasteiger partial charge in [-0.05, 0) is 14.1 Å². The summed E-state index contributed by atoms with van der Waals surface area (Å²) >= 11 is 0. The van der Waals surface area contributed by atoms with Crippen molar-refractivity contribution in [3.8, 4) is 0 Å². The largest absolute Gasteiger partial charge is 0.309 e. The molecule has 0 N–H and O–H groups in total. The number of hydrogen-bond acceptors (Lipinski definition) is 1. The van der Waals surface area contributed by atoms with Gasteiger partial charge < -0.3 is 4.90 Å². The van der Waals surface area contributed by atoms with Crippen LogP contribution in [0.15, 0.2) is 0 Å². The Morgan fingerprint density at radius 2 is 2.00 bits per heavy atom. The normalized spacial score (nSPS) is 10.1. The third-order valence-electron chi connectivity index (χ3n) is 0.855. The topological polar surface area (TPSA) is 3.24 Å². The summed E-state index contributed by atoms with van der Waals surface area (Å²) < 4.78 is 0. The summed E-state index contributed by atoms with van der Waals surface area (Å²) in [6, 6.07) is 0. The molecule has 0 rings (SSSR count). The van der Waals surface area contributed by atoms with Gasteiger partial charge in [0, 0.05) is 13.0 Å². The summed E-state index contributed by atoms with van der Waals surface area (Å²) in [5, 5.41) is 0. The van der Waals surface area contributed by atoms with Crippen LogP contribution in [0.5, 0.6) is 0 Å². The summed E-state index contributed by atoms with van der Waals surface area (Å²) in [6.07, 6.45) is 2.27. The average Bonchev–Trinajstić information content (AvgIpc) is 1.61. The molecule has 0 aromatic carbocycles. The van der Waals surface area contributed by atoms with Gasteiger partial charge in [0.2, 0.25) is 0 Å². The first kappa shape index (κ1) is 6.83. The van der Waals surface area contributed by atoms with Crippen LogP contribution in [0, 0.1) is 6.92 Å². The van der Waals surface area contributed by atoms with Crippen molar-refractivity contribution in [2.75, 3.05) is 20.6 Å². The number of unbranched alkanes of at least 4 members (excludes halogenated alkanes) is 1. The Bertz CT molecular complexity index is 33.2. The van der Waals surface area contributed by atoms with E-state index >= 15 is 0 Å². The van der Waals surface area contributed by atoms with Gasteiger partial charge in [0.25, 0.3) is 0 Å². The lowest BCUT2D eigenvalue weighted by Gasteiger charge is -2.04. The number of hydrogen-bond donors (Lipinski definition) is 0. The van der Waals surface area contributed by atoms with Gasteiger partial charge in [0.15, 0.2) is 0 Å². The Morgan fingerprint density at radius 3 is 2.14 bits per heavy atom. The molecule has 0 radical (unpaired) electrons. The van der Waals surface area contributed by atoms with Crippen LogP contribution in [0.3, 0.4) is 0 Å². The molecule has 0 saturated heterocycles. The Kier molecular flexibility index (Phi) is 3.90. The molecule has 0 heterocycles. The minimum Gasteiger partial charge on any atom is -0.309 e. The molecule has 0 bridgehead atoms. The molecule has 1 nitrogen and oxygen atoms in total. The average molecular weight is 100 g/mol. The first-order chi connectivity index (χ1) is 3.27. The van der Waals surface area contributed by atoms with Crippen molar-refractivity contribution >= 4 is 0 Å². The van der Waals surface area contributed by atoms with Crippen molar-refractivity contribution in [3.63, 3.8) is 0 Å². The second kappa shape index (κ2) is 4.00. The summed E-state index contributed by atoms with van der Waals surface area (Å²) in [4.78, 5) is 2.17. The van der Waals surface area contributed by atoms with E-state index in [1.54, 1.807) is 0 Å². The first-order valence-corrected chi connectivity index (χ1v) is 2.71. The highest BCUT2D eigenvalue weighted by molar-refractivity contribution is 4.44. The highest BCUT2D eigenvalue weighted by atomic mass is 15.0. The van der Waals surface area contributed by atoms with Gasteiger partial charge in [0.05, 0.1) is 13.3 Å². The van der Waals surface area contributed by atoms with Crippen molar-refractivity contribution in [1.29, 1.82) is 0 Å². The maximum atomic E-state index is 3.73. The van der Waals surface area contributed by atoms with Crippen LogP contribution in [-0.2, 0) is 0 Å². The van der Waals surface area contributed by atoms with E-state index in [1.807, 2.05) is 0 Å². The van der Waals surface area contributed by atoms with Crippen LogP contribution < -0.4 is 0 Å². The Hall–Kier alpha value is -0.170. The van der Waals surface area contributed by atoms with E-state index in [1.165, 1.54) is 13.0 Å². The second-order valence-electron chi connectivity index (χ2n) is 2.01. The molecule has 0 aliphatic carbocycles. The molecule has 0 saturated carbocycles. The van der Waals surface area contributed by atoms with E-state index in [4.69, 9.17) is 0 Å². The molecule has 7 heavy (non-hydrogen) atoms. The van der Waals surface area contributed by atoms with Crippen LogP contribution >= 0.6 is 0 Å². The van der Waals surface area contributed by atoms with Gasteiger partial charge in [0.1, 0.15) is 0 Å². The summed E-state index contributed by atoms with van der Waals surface area (Å²) in [5.41, 5.74) is 0. The maximum absolute atomic E-state index is 3.73. The molecular weight excluding hydrogens is 86.1 g/mol. The smallest absolute Gasteiger partial charge is 0.0862 e. The third kappa shape index (κ3) is 5.83. The van der Waals surface area contributed by atoms with E-state index in [9.17, 15) is 0 Å². The summed E-state index contributed by atoms with van der Waals surface area (Å²) in [5.74, 6) is 0. The summed E-state index contributed by atoms with van der Waals surface area (Å²) in [7, 11) is 4.16.